The van der Waals surface area contributed by atoms with Crippen LogP contribution in [0, 0.1) is 6.92 Å². The Labute approximate surface area is 97.7 Å². The molecule has 1 N–H and O–H groups in total. The average Bonchev–Trinajstić information content (AvgIpc) is 2.98. The predicted molar refractivity (Wildman–Crippen MR) is 65.4 cm³/mol. The summed E-state index contributed by atoms with van der Waals surface area (Å²) in [6, 6.07) is 2.08. The molecule has 88 valence electrons. The minimum absolute atomic E-state index is 0.269. The Morgan fingerprint density at radius 3 is 2.75 bits per heavy atom. The number of hydrogen-bond acceptors (Lipinski definition) is 3. The van der Waals surface area contributed by atoms with Crippen LogP contribution >= 0.6 is 0 Å². The van der Waals surface area contributed by atoms with E-state index in [1.165, 1.54) is 12.8 Å². The van der Waals surface area contributed by atoms with Crippen molar-refractivity contribution in [3.8, 4) is 0 Å². The molecule has 0 bridgehead atoms. The summed E-state index contributed by atoms with van der Waals surface area (Å²) in [6.07, 6.45) is 3.63. The highest BCUT2D eigenvalue weighted by Gasteiger charge is 2.42. The van der Waals surface area contributed by atoms with E-state index in [1.807, 2.05) is 0 Å². The predicted octanol–water partition coefficient (Wildman–Crippen LogP) is 2.34. The van der Waals surface area contributed by atoms with Crippen LogP contribution in [-0.4, -0.2) is 16.5 Å². The molecule has 0 radical (unpaired) electrons. The lowest BCUT2D eigenvalue weighted by molar-refractivity contribution is 0.639. The third-order valence-corrected chi connectivity index (χ3v) is 3.18. The standard InChI is InChI=1S/C13H21N3/c1-4-7-14-9-11-8-10(2)15-12(16-11)13(3)5-6-13/h8,14H,4-7,9H2,1-3H3. The summed E-state index contributed by atoms with van der Waals surface area (Å²) in [5.74, 6) is 1.04. The highest BCUT2D eigenvalue weighted by atomic mass is 15.0. The number of rotatable bonds is 5. The average molecular weight is 219 g/mol. The van der Waals surface area contributed by atoms with Crippen LogP contribution in [0.3, 0.4) is 0 Å². The zero-order chi connectivity index (χ0) is 11.6. The Hall–Kier alpha value is -0.960. The van der Waals surface area contributed by atoms with Gasteiger partial charge < -0.3 is 5.32 Å². The fourth-order valence-electron chi connectivity index (χ4n) is 1.80. The minimum Gasteiger partial charge on any atom is -0.311 e. The molecule has 1 aliphatic carbocycles. The van der Waals surface area contributed by atoms with E-state index >= 15 is 0 Å². The molecule has 0 aliphatic heterocycles. The van der Waals surface area contributed by atoms with Crippen molar-refractivity contribution in [2.45, 2.75) is 52.0 Å². The van der Waals surface area contributed by atoms with Crippen molar-refractivity contribution in [2.75, 3.05) is 6.54 Å². The summed E-state index contributed by atoms with van der Waals surface area (Å²) in [6.45, 7) is 8.40. The maximum atomic E-state index is 4.67. The van der Waals surface area contributed by atoms with Crippen LogP contribution in [0.2, 0.25) is 0 Å². The van der Waals surface area contributed by atoms with Crippen LogP contribution in [0.5, 0.6) is 0 Å². The van der Waals surface area contributed by atoms with Crippen molar-refractivity contribution in [1.82, 2.24) is 15.3 Å². The van der Waals surface area contributed by atoms with Gasteiger partial charge in [-0.05, 0) is 38.8 Å². The van der Waals surface area contributed by atoms with Crippen LogP contribution < -0.4 is 5.32 Å². The number of hydrogen-bond donors (Lipinski definition) is 1. The molecule has 3 nitrogen and oxygen atoms in total. The highest BCUT2D eigenvalue weighted by Crippen LogP contribution is 2.45. The van der Waals surface area contributed by atoms with Gasteiger partial charge in [-0.25, -0.2) is 9.97 Å². The summed E-state index contributed by atoms with van der Waals surface area (Å²) < 4.78 is 0. The van der Waals surface area contributed by atoms with Crippen LogP contribution in [0.25, 0.3) is 0 Å². The van der Waals surface area contributed by atoms with E-state index in [-0.39, 0.29) is 5.41 Å². The van der Waals surface area contributed by atoms with E-state index in [4.69, 9.17) is 0 Å². The van der Waals surface area contributed by atoms with Crippen LogP contribution in [0.15, 0.2) is 6.07 Å². The van der Waals surface area contributed by atoms with E-state index in [0.29, 0.717) is 0 Å². The van der Waals surface area contributed by atoms with Crippen LogP contribution in [-0.2, 0) is 12.0 Å². The summed E-state index contributed by atoms with van der Waals surface area (Å²) in [5, 5.41) is 3.39. The third kappa shape index (κ3) is 2.59. The van der Waals surface area contributed by atoms with Gasteiger partial charge in [-0.2, -0.15) is 0 Å². The second kappa shape index (κ2) is 4.50. The van der Waals surface area contributed by atoms with E-state index < -0.39 is 0 Å². The lowest BCUT2D eigenvalue weighted by Gasteiger charge is -2.10. The minimum atomic E-state index is 0.269. The monoisotopic (exact) mass is 219 g/mol. The topological polar surface area (TPSA) is 37.8 Å². The molecule has 0 amide bonds. The quantitative estimate of drug-likeness (QED) is 0.772. The maximum Gasteiger partial charge on any atom is 0.134 e. The van der Waals surface area contributed by atoms with Gasteiger partial charge in [-0.1, -0.05) is 13.8 Å². The second-order valence-corrected chi connectivity index (χ2v) is 5.06. The number of nitrogens with zero attached hydrogens (tertiary/aromatic N) is 2. The van der Waals surface area contributed by atoms with Crippen molar-refractivity contribution in [3.63, 3.8) is 0 Å². The first-order chi connectivity index (χ1) is 7.64. The van der Waals surface area contributed by atoms with Crippen molar-refractivity contribution in [3.05, 3.63) is 23.3 Å². The Balaban J connectivity index is 2.10. The largest absolute Gasteiger partial charge is 0.311 e. The molecule has 1 saturated carbocycles. The summed E-state index contributed by atoms with van der Waals surface area (Å²) >= 11 is 0. The number of aryl methyl sites for hydroxylation is 1. The molecule has 0 spiro atoms. The Morgan fingerprint density at radius 1 is 1.38 bits per heavy atom. The molecule has 0 unspecified atom stereocenters. The second-order valence-electron chi connectivity index (χ2n) is 5.06. The van der Waals surface area contributed by atoms with Crippen LogP contribution in [0.4, 0.5) is 0 Å². The van der Waals surface area contributed by atoms with Crippen molar-refractivity contribution in [1.29, 1.82) is 0 Å². The third-order valence-electron chi connectivity index (χ3n) is 3.18. The zero-order valence-corrected chi connectivity index (χ0v) is 10.5. The Bertz CT molecular complexity index is 369. The lowest BCUT2D eigenvalue weighted by Crippen LogP contribution is -2.17. The van der Waals surface area contributed by atoms with Crippen molar-refractivity contribution in [2.24, 2.45) is 0 Å². The summed E-state index contributed by atoms with van der Waals surface area (Å²) in [5.41, 5.74) is 2.49. The van der Waals surface area contributed by atoms with Crippen LogP contribution in [0.1, 0.15) is 50.3 Å². The molecule has 0 saturated heterocycles. The smallest absolute Gasteiger partial charge is 0.134 e. The lowest BCUT2D eigenvalue weighted by atomic mass is 10.1. The zero-order valence-electron chi connectivity index (χ0n) is 10.5. The molecule has 1 aliphatic rings. The SMILES string of the molecule is CCCNCc1cc(C)nc(C2(C)CC2)n1. The van der Waals surface area contributed by atoms with Gasteiger partial charge in [0.25, 0.3) is 0 Å². The molecule has 2 rings (SSSR count). The summed E-state index contributed by atoms with van der Waals surface area (Å²) in [7, 11) is 0. The fraction of sp³-hybridized carbons (Fsp3) is 0.692. The first kappa shape index (κ1) is 11.5. The molecule has 16 heavy (non-hydrogen) atoms. The Morgan fingerprint density at radius 2 is 2.12 bits per heavy atom. The molecule has 0 aromatic carbocycles. The first-order valence-electron chi connectivity index (χ1n) is 6.20. The van der Waals surface area contributed by atoms with Gasteiger partial charge in [-0.3, -0.25) is 0 Å². The van der Waals surface area contributed by atoms with Crippen molar-refractivity contribution >= 4 is 0 Å². The van der Waals surface area contributed by atoms with E-state index in [9.17, 15) is 0 Å². The van der Waals surface area contributed by atoms with Gasteiger partial charge in [0.2, 0.25) is 0 Å². The molecule has 1 aromatic heterocycles. The van der Waals surface area contributed by atoms with Gasteiger partial charge in [0.05, 0.1) is 5.69 Å². The highest BCUT2D eigenvalue weighted by molar-refractivity contribution is 5.20. The van der Waals surface area contributed by atoms with E-state index in [1.54, 1.807) is 0 Å². The normalized spacial score (nSPS) is 17.4. The molecule has 3 heteroatoms. The maximum absolute atomic E-state index is 4.67. The van der Waals surface area contributed by atoms with Gasteiger partial charge in [0.15, 0.2) is 0 Å². The first-order valence-corrected chi connectivity index (χ1v) is 6.20. The van der Waals surface area contributed by atoms with Gasteiger partial charge in [0.1, 0.15) is 5.82 Å². The molecular weight excluding hydrogens is 198 g/mol. The van der Waals surface area contributed by atoms with Gasteiger partial charge in [-0.15, -0.1) is 0 Å². The van der Waals surface area contributed by atoms with Crippen molar-refractivity contribution < 1.29 is 0 Å². The van der Waals surface area contributed by atoms with Gasteiger partial charge in [0, 0.05) is 17.7 Å². The molecule has 1 fully saturated rings. The fourth-order valence-corrected chi connectivity index (χ4v) is 1.80. The van der Waals surface area contributed by atoms with E-state index in [2.05, 4.69) is 42.1 Å². The Kier molecular flexibility index (Phi) is 3.24. The molecule has 1 heterocycles. The number of aromatic nitrogens is 2. The van der Waals surface area contributed by atoms with Gasteiger partial charge >= 0.3 is 0 Å². The summed E-state index contributed by atoms with van der Waals surface area (Å²) in [4.78, 5) is 9.22. The molecule has 0 atom stereocenters. The molecule has 1 aromatic rings. The number of nitrogens with one attached hydrogen (secondary N) is 1. The van der Waals surface area contributed by atoms with E-state index in [0.717, 1.165) is 36.7 Å². The molecular formula is C13H21N3.